The molecular weight excluding hydrogens is 270 g/mol. The summed E-state index contributed by atoms with van der Waals surface area (Å²) in [6.07, 6.45) is 5.45. The molecule has 2 aromatic rings. The second kappa shape index (κ2) is 5.63. The van der Waals surface area contributed by atoms with Crippen LogP contribution in [-0.4, -0.2) is 26.2 Å². The van der Waals surface area contributed by atoms with E-state index < -0.39 is 11.9 Å². The lowest BCUT2D eigenvalue weighted by atomic mass is 9.96. The first-order valence-electron chi connectivity index (χ1n) is 7.07. The predicted molar refractivity (Wildman–Crippen MR) is 73.6 cm³/mol. The summed E-state index contributed by atoms with van der Waals surface area (Å²) in [6.45, 7) is 2.06. The van der Waals surface area contributed by atoms with E-state index in [1.165, 1.54) is 0 Å². The highest BCUT2D eigenvalue weighted by atomic mass is 16.5. The third-order valence-electron chi connectivity index (χ3n) is 4.03. The van der Waals surface area contributed by atoms with Crippen molar-refractivity contribution in [3.63, 3.8) is 0 Å². The van der Waals surface area contributed by atoms with Crippen LogP contribution in [0.5, 0.6) is 0 Å². The van der Waals surface area contributed by atoms with Crippen LogP contribution in [-0.2, 0) is 11.2 Å². The molecule has 1 N–H and O–H groups in total. The molecular formula is C15H17N3O3. The maximum Gasteiger partial charge on any atom is 0.307 e. The molecule has 3 rings (SSSR count). The molecule has 0 aliphatic heterocycles. The number of hydrogen-bond donors (Lipinski definition) is 1. The molecule has 6 nitrogen and oxygen atoms in total. The molecule has 0 bridgehead atoms. The van der Waals surface area contributed by atoms with E-state index in [9.17, 15) is 9.90 Å². The summed E-state index contributed by atoms with van der Waals surface area (Å²) < 4.78 is 5.31. The minimum absolute atomic E-state index is 0.170. The Morgan fingerprint density at radius 2 is 2.14 bits per heavy atom. The Morgan fingerprint density at radius 3 is 2.86 bits per heavy atom. The van der Waals surface area contributed by atoms with Crippen LogP contribution in [0.2, 0.25) is 0 Å². The average molecular weight is 287 g/mol. The lowest BCUT2D eigenvalue weighted by molar-refractivity contribution is -0.142. The highest BCUT2D eigenvalue weighted by Crippen LogP contribution is 2.42. The first-order valence-corrected chi connectivity index (χ1v) is 7.07. The fourth-order valence-electron chi connectivity index (χ4n) is 3.01. The maximum atomic E-state index is 11.3. The minimum Gasteiger partial charge on any atom is -0.481 e. The summed E-state index contributed by atoms with van der Waals surface area (Å²) in [4.78, 5) is 19.7. The summed E-state index contributed by atoms with van der Waals surface area (Å²) in [5.74, 6) is 0.0333. The van der Waals surface area contributed by atoms with Crippen LogP contribution in [0.3, 0.4) is 0 Å². The molecule has 0 aromatic carbocycles. The molecule has 0 spiro atoms. The Bertz CT molecular complexity index is 626. The fraction of sp³-hybridized carbons (Fsp3) is 0.467. The maximum absolute atomic E-state index is 11.3. The van der Waals surface area contributed by atoms with E-state index in [-0.39, 0.29) is 5.92 Å². The Morgan fingerprint density at radius 1 is 1.38 bits per heavy atom. The zero-order valence-electron chi connectivity index (χ0n) is 11.8. The third kappa shape index (κ3) is 2.94. The van der Waals surface area contributed by atoms with Gasteiger partial charge < -0.3 is 9.63 Å². The van der Waals surface area contributed by atoms with Gasteiger partial charge in [0.15, 0.2) is 5.82 Å². The standard InChI is InChI=1S/C15H17N3O3/c1-9-6-11(12(7-9)15(19)20)14-17-13(18-21-14)8-10-2-4-16-5-3-10/h2-5,9,11-12H,6-8H2,1H3,(H,19,20). The van der Waals surface area contributed by atoms with Gasteiger partial charge in [0.2, 0.25) is 5.89 Å². The topological polar surface area (TPSA) is 89.1 Å². The van der Waals surface area contributed by atoms with Crippen LogP contribution in [0.25, 0.3) is 0 Å². The molecule has 0 saturated heterocycles. The third-order valence-corrected chi connectivity index (χ3v) is 4.03. The van der Waals surface area contributed by atoms with Gasteiger partial charge in [-0.3, -0.25) is 9.78 Å². The van der Waals surface area contributed by atoms with Crippen LogP contribution in [0.1, 0.15) is 43.0 Å². The van der Waals surface area contributed by atoms with E-state index in [2.05, 4.69) is 22.0 Å². The number of nitrogens with zero attached hydrogens (tertiary/aromatic N) is 3. The fourth-order valence-corrected chi connectivity index (χ4v) is 3.01. The molecule has 0 radical (unpaired) electrons. The van der Waals surface area contributed by atoms with Crippen molar-refractivity contribution in [1.29, 1.82) is 0 Å². The largest absolute Gasteiger partial charge is 0.481 e. The highest BCUT2D eigenvalue weighted by Gasteiger charge is 2.41. The summed E-state index contributed by atoms with van der Waals surface area (Å²) in [5, 5.41) is 13.3. The molecule has 3 unspecified atom stereocenters. The molecule has 1 aliphatic carbocycles. The SMILES string of the molecule is CC1CC(C(=O)O)C(c2nc(Cc3ccncc3)no2)C1. The molecule has 3 atom stereocenters. The molecule has 1 fully saturated rings. The number of carboxylic acid groups (broad SMARTS) is 1. The van der Waals surface area contributed by atoms with Gasteiger partial charge in [-0.25, -0.2) is 0 Å². The van der Waals surface area contributed by atoms with Crippen molar-refractivity contribution in [2.45, 2.75) is 32.1 Å². The smallest absolute Gasteiger partial charge is 0.307 e. The number of aliphatic carboxylic acids is 1. The van der Waals surface area contributed by atoms with E-state index in [0.717, 1.165) is 12.0 Å². The van der Waals surface area contributed by atoms with Crippen LogP contribution in [0.4, 0.5) is 0 Å². The van der Waals surface area contributed by atoms with Crippen LogP contribution >= 0.6 is 0 Å². The lowest BCUT2D eigenvalue weighted by Gasteiger charge is -2.09. The molecule has 2 heterocycles. The summed E-state index contributed by atoms with van der Waals surface area (Å²) in [7, 11) is 0. The van der Waals surface area contributed by atoms with Crippen molar-refractivity contribution >= 4 is 5.97 Å². The van der Waals surface area contributed by atoms with E-state index in [1.807, 2.05) is 12.1 Å². The summed E-state index contributed by atoms with van der Waals surface area (Å²) in [5.41, 5.74) is 1.05. The number of carbonyl (C=O) groups is 1. The molecule has 110 valence electrons. The highest BCUT2D eigenvalue weighted by molar-refractivity contribution is 5.71. The van der Waals surface area contributed by atoms with Crippen molar-refractivity contribution < 1.29 is 14.4 Å². The number of rotatable bonds is 4. The summed E-state index contributed by atoms with van der Waals surface area (Å²) >= 11 is 0. The first kappa shape index (κ1) is 13.7. The van der Waals surface area contributed by atoms with Gasteiger partial charge in [-0.1, -0.05) is 12.1 Å². The van der Waals surface area contributed by atoms with Gasteiger partial charge in [-0.05, 0) is 36.5 Å². The van der Waals surface area contributed by atoms with Gasteiger partial charge in [0.05, 0.1) is 11.8 Å². The zero-order chi connectivity index (χ0) is 14.8. The molecule has 21 heavy (non-hydrogen) atoms. The van der Waals surface area contributed by atoms with Gasteiger partial charge in [0, 0.05) is 18.8 Å². The lowest BCUT2D eigenvalue weighted by Crippen LogP contribution is -2.17. The normalized spacial score (nSPS) is 25.1. The second-order valence-electron chi connectivity index (χ2n) is 5.71. The van der Waals surface area contributed by atoms with E-state index >= 15 is 0 Å². The van der Waals surface area contributed by atoms with Crippen molar-refractivity contribution in [3.05, 3.63) is 41.8 Å². The average Bonchev–Trinajstić information content (AvgIpc) is 3.06. The molecule has 2 aromatic heterocycles. The molecule has 1 saturated carbocycles. The monoisotopic (exact) mass is 287 g/mol. The predicted octanol–water partition coefficient (Wildman–Crippen LogP) is 2.27. The second-order valence-corrected chi connectivity index (χ2v) is 5.71. The Labute approximate surface area is 122 Å². The number of hydrogen-bond acceptors (Lipinski definition) is 5. The van der Waals surface area contributed by atoms with Crippen LogP contribution < -0.4 is 0 Å². The molecule has 0 amide bonds. The van der Waals surface area contributed by atoms with E-state index in [0.29, 0.717) is 30.5 Å². The first-order chi connectivity index (χ1) is 10.1. The van der Waals surface area contributed by atoms with Gasteiger partial charge in [0.25, 0.3) is 0 Å². The number of pyridine rings is 1. The number of carboxylic acids is 1. The van der Waals surface area contributed by atoms with Gasteiger partial charge in [0.1, 0.15) is 0 Å². The van der Waals surface area contributed by atoms with E-state index in [4.69, 9.17) is 4.52 Å². The van der Waals surface area contributed by atoms with Gasteiger partial charge >= 0.3 is 5.97 Å². The minimum atomic E-state index is -0.779. The van der Waals surface area contributed by atoms with Crippen LogP contribution in [0, 0.1) is 11.8 Å². The Kier molecular flexibility index (Phi) is 3.68. The molecule has 1 aliphatic rings. The number of aromatic nitrogens is 3. The molecule has 6 heteroatoms. The van der Waals surface area contributed by atoms with Crippen LogP contribution in [0.15, 0.2) is 29.0 Å². The zero-order valence-corrected chi connectivity index (χ0v) is 11.8. The van der Waals surface area contributed by atoms with Crippen molar-refractivity contribution in [3.8, 4) is 0 Å². The van der Waals surface area contributed by atoms with Crippen molar-refractivity contribution in [2.75, 3.05) is 0 Å². The van der Waals surface area contributed by atoms with Crippen molar-refractivity contribution in [1.82, 2.24) is 15.1 Å². The Hall–Kier alpha value is -2.24. The Balaban J connectivity index is 1.77. The van der Waals surface area contributed by atoms with Gasteiger partial charge in [-0.2, -0.15) is 4.98 Å². The van der Waals surface area contributed by atoms with E-state index in [1.54, 1.807) is 12.4 Å². The van der Waals surface area contributed by atoms with Crippen molar-refractivity contribution in [2.24, 2.45) is 11.8 Å². The van der Waals surface area contributed by atoms with Gasteiger partial charge in [-0.15, -0.1) is 0 Å². The summed E-state index contributed by atoms with van der Waals surface area (Å²) in [6, 6.07) is 3.79. The quantitative estimate of drug-likeness (QED) is 0.927.